The maximum atomic E-state index is 11.5. The van der Waals surface area contributed by atoms with Crippen molar-refractivity contribution in [3.05, 3.63) is 68.4 Å². The topological polar surface area (TPSA) is 155 Å². The molecule has 13 heteroatoms. The molecule has 0 fully saturated rings. The van der Waals surface area contributed by atoms with Gasteiger partial charge in [-0.2, -0.15) is 4.98 Å². The number of nitro groups is 1. The molecule has 3 aromatic rings. The van der Waals surface area contributed by atoms with E-state index in [4.69, 9.17) is 23.2 Å². The average Bonchev–Trinajstić information content (AvgIpc) is 2.73. The predicted octanol–water partition coefficient (Wildman–Crippen LogP) is 4.05. The van der Waals surface area contributed by atoms with E-state index in [1.165, 1.54) is 24.4 Å². The van der Waals surface area contributed by atoms with E-state index >= 15 is 0 Å². The molecule has 2 aromatic heterocycles. The van der Waals surface area contributed by atoms with Crippen LogP contribution in [0.3, 0.4) is 0 Å². The first kappa shape index (κ1) is 22.0. The number of halogens is 2. The molecule has 0 atom stereocenters. The molecule has 0 aliphatic carbocycles. The molecule has 0 unspecified atom stereocenters. The molecule has 4 N–H and O–H groups in total. The molecule has 0 spiro atoms. The fourth-order valence-corrected chi connectivity index (χ4v) is 2.86. The van der Waals surface area contributed by atoms with Crippen LogP contribution < -0.4 is 16.0 Å². The Balaban J connectivity index is 1.64. The number of anilines is 4. The van der Waals surface area contributed by atoms with Crippen molar-refractivity contribution in [2.45, 2.75) is 0 Å². The molecule has 0 bridgehead atoms. The second-order valence-electron chi connectivity index (χ2n) is 6.02. The molecule has 0 aliphatic rings. The molecule has 0 saturated heterocycles. The molecule has 31 heavy (non-hydrogen) atoms. The summed E-state index contributed by atoms with van der Waals surface area (Å²) in [5.74, 6) is -0.491. The maximum absolute atomic E-state index is 11.5. The van der Waals surface area contributed by atoms with Crippen molar-refractivity contribution in [1.82, 2.24) is 15.0 Å². The van der Waals surface area contributed by atoms with Crippen LogP contribution in [0.2, 0.25) is 10.0 Å². The smallest absolute Gasteiger partial charge is 0.341 e. The van der Waals surface area contributed by atoms with Gasteiger partial charge in [-0.3, -0.25) is 10.1 Å². The number of carbonyl (C=O) groups is 1. The Morgan fingerprint density at radius 3 is 2.52 bits per heavy atom. The third kappa shape index (κ3) is 5.90. The zero-order valence-corrected chi connectivity index (χ0v) is 17.2. The summed E-state index contributed by atoms with van der Waals surface area (Å²) in [6.07, 6.45) is 2.33. The lowest BCUT2D eigenvalue weighted by atomic mass is 10.2. The van der Waals surface area contributed by atoms with Crippen LogP contribution in [0, 0.1) is 10.1 Å². The van der Waals surface area contributed by atoms with Gasteiger partial charge in [0.2, 0.25) is 5.95 Å². The van der Waals surface area contributed by atoms with Crippen molar-refractivity contribution < 1.29 is 14.8 Å². The summed E-state index contributed by atoms with van der Waals surface area (Å²) in [5, 5.41) is 29.6. The molecule has 0 amide bonds. The van der Waals surface area contributed by atoms with Gasteiger partial charge in [0.15, 0.2) is 5.82 Å². The fourth-order valence-electron chi connectivity index (χ4n) is 2.40. The summed E-state index contributed by atoms with van der Waals surface area (Å²) in [6.45, 7) is 0.771. The van der Waals surface area contributed by atoms with E-state index in [-0.39, 0.29) is 23.0 Å². The Labute approximate surface area is 185 Å². The second kappa shape index (κ2) is 9.87. The Bertz CT molecular complexity index is 1110. The standard InChI is InChI=1S/C18H15Cl2N7O4/c19-10-1-3-14(13(20)7-10)25-16-12(17(28)29)9-24-18(26-16)22-6-5-21-15-4-2-11(8-23-15)27(30)31/h1-4,7-9H,5-6H2,(H,21,23)(H,28,29)(H2,22,24,25,26). The average molecular weight is 464 g/mol. The third-order valence-electron chi connectivity index (χ3n) is 3.88. The van der Waals surface area contributed by atoms with Crippen LogP contribution in [0.4, 0.5) is 29.0 Å². The number of nitrogens with one attached hydrogen (secondary N) is 3. The summed E-state index contributed by atoms with van der Waals surface area (Å²) < 4.78 is 0. The van der Waals surface area contributed by atoms with Crippen molar-refractivity contribution in [3.63, 3.8) is 0 Å². The highest BCUT2D eigenvalue weighted by molar-refractivity contribution is 6.36. The number of carboxylic acid groups (broad SMARTS) is 1. The summed E-state index contributed by atoms with van der Waals surface area (Å²) in [4.78, 5) is 33.7. The molecular weight excluding hydrogens is 449 g/mol. The summed E-state index contributed by atoms with van der Waals surface area (Å²) >= 11 is 12.0. The van der Waals surface area contributed by atoms with Gasteiger partial charge in [0.25, 0.3) is 5.69 Å². The first-order chi connectivity index (χ1) is 14.8. The highest BCUT2D eigenvalue weighted by Gasteiger charge is 2.15. The van der Waals surface area contributed by atoms with Crippen LogP contribution in [0.15, 0.2) is 42.7 Å². The molecule has 0 radical (unpaired) electrons. The van der Waals surface area contributed by atoms with Gasteiger partial charge in [0.05, 0.1) is 15.6 Å². The largest absolute Gasteiger partial charge is 0.477 e. The van der Waals surface area contributed by atoms with E-state index in [0.717, 1.165) is 6.20 Å². The number of nitrogens with zero attached hydrogens (tertiary/aromatic N) is 4. The Kier molecular flexibility index (Phi) is 7.00. The van der Waals surface area contributed by atoms with E-state index in [2.05, 4.69) is 30.9 Å². The summed E-state index contributed by atoms with van der Waals surface area (Å²) in [5.41, 5.74) is 0.199. The Hall–Kier alpha value is -3.70. The van der Waals surface area contributed by atoms with Gasteiger partial charge in [0, 0.05) is 30.4 Å². The number of pyridine rings is 1. The predicted molar refractivity (Wildman–Crippen MR) is 117 cm³/mol. The molecule has 3 rings (SSSR count). The molecule has 11 nitrogen and oxygen atoms in total. The Morgan fingerprint density at radius 2 is 1.87 bits per heavy atom. The van der Waals surface area contributed by atoms with Gasteiger partial charge in [-0.25, -0.2) is 14.8 Å². The quantitative estimate of drug-likeness (QED) is 0.207. The second-order valence-corrected chi connectivity index (χ2v) is 6.87. The lowest BCUT2D eigenvalue weighted by molar-refractivity contribution is -0.385. The Morgan fingerprint density at radius 1 is 1.10 bits per heavy atom. The minimum atomic E-state index is -1.20. The number of carboxylic acids is 1. The van der Waals surface area contributed by atoms with Crippen LogP contribution in [-0.2, 0) is 0 Å². The van der Waals surface area contributed by atoms with E-state index in [1.807, 2.05) is 0 Å². The molecular formula is C18H15Cl2N7O4. The lowest BCUT2D eigenvalue weighted by Crippen LogP contribution is -2.17. The van der Waals surface area contributed by atoms with Crippen molar-refractivity contribution in [2.75, 3.05) is 29.0 Å². The normalized spacial score (nSPS) is 10.4. The first-order valence-corrected chi connectivity index (χ1v) is 9.49. The van der Waals surface area contributed by atoms with Gasteiger partial charge in [-0.1, -0.05) is 23.2 Å². The van der Waals surface area contributed by atoms with Crippen molar-refractivity contribution in [1.29, 1.82) is 0 Å². The molecule has 160 valence electrons. The van der Waals surface area contributed by atoms with Crippen LogP contribution in [0.1, 0.15) is 10.4 Å². The number of rotatable bonds is 9. The van der Waals surface area contributed by atoms with Gasteiger partial charge in [-0.15, -0.1) is 0 Å². The minimum Gasteiger partial charge on any atom is -0.477 e. The monoisotopic (exact) mass is 463 g/mol. The molecule has 2 heterocycles. The number of aromatic carboxylic acids is 1. The minimum absolute atomic E-state index is 0.0548. The highest BCUT2D eigenvalue weighted by atomic mass is 35.5. The molecule has 1 aromatic carbocycles. The third-order valence-corrected chi connectivity index (χ3v) is 4.42. The first-order valence-electron chi connectivity index (χ1n) is 8.74. The van der Waals surface area contributed by atoms with E-state index < -0.39 is 10.9 Å². The van der Waals surface area contributed by atoms with Crippen molar-refractivity contribution in [3.8, 4) is 0 Å². The highest BCUT2D eigenvalue weighted by Crippen LogP contribution is 2.29. The van der Waals surface area contributed by atoms with Gasteiger partial charge < -0.3 is 21.1 Å². The number of hydrogen-bond acceptors (Lipinski definition) is 9. The van der Waals surface area contributed by atoms with E-state index in [0.29, 0.717) is 34.6 Å². The number of hydrogen-bond donors (Lipinski definition) is 4. The SMILES string of the molecule is O=C(O)c1cnc(NCCNc2ccc([N+](=O)[O-])cn2)nc1Nc1ccc(Cl)cc1Cl. The molecule has 0 aliphatic heterocycles. The number of aromatic nitrogens is 3. The van der Waals surface area contributed by atoms with E-state index in [9.17, 15) is 20.0 Å². The van der Waals surface area contributed by atoms with E-state index in [1.54, 1.807) is 12.1 Å². The number of benzene rings is 1. The lowest BCUT2D eigenvalue weighted by Gasteiger charge is -2.12. The zero-order chi connectivity index (χ0) is 22.4. The van der Waals surface area contributed by atoms with Gasteiger partial charge in [-0.05, 0) is 24.3 Å². The fraction of sp³-hybridized carbons (Fsp3) is 0.111. The van der Waals surface area contributed by atoms with Crippen LogP contribution in [0.5, 0.6) is 0 Å². The van der Waals surface area contributed by atoms with Crippen LogP contribution >= 0.6 is 23.2 Å². The van der Waals surface area contributed by atoms with Crippen LogP contribution in [-0.4, -0.2) is 44.0 Å². The maximum Gasteiger partial charge on any atom is 0.341 e. The van der Waals surface area contributed by atoms with Gasteiger partial charge >= 0.3 is 5.97 Å². The zero-order valence-electron chi connectivity index (χ0n) is 15.7. The van der Waals surface area contributed by atoms with Crippen molar-refractivity contribution in [2.24, 2.45) is 0 Å². The summed E-state index contributed by atoms with van der Waals surface area (Å²) in [6, 6.07) is 7.57. The van der Waals surface area contributed by atoms with Gasteiger partial charge in [0.1, 0.15) is 17.6 Å². The van der Waals surface area contributed by atoms with Crippen molar-refractivity contribution >= 4 is 58.1 Å². The summed E-state index contributed by atoms with van der Waals surface area (Å²) in [7, 11) is 0. The van der Waals surface area contributed by atoms with Crippen LogP contribution in [0.25, 0.3) is 0 Å². The molecule has 0 saturated carbocycles.